The van der Waals surface area contributed by atoms with Gasteiger partial charge < -0.3 is 34.6 Å². The van der Waals surface area contributed by atoms with Gasteiger partial charge in [-0.3, -0.25) is 29.8 Å². The molecule has 2 aromatic heterocycles. The van der Waals surface area contributed by atoms with Gasteiger partial charge in [0.1, 0.15) is 24.2 Å². The Bertz CT molecular complexity index is 2640. The molecule has 348 valence electrons. The Morgan fingerprint density at radius 1 is 0.924 bits per heavy atom. The van der Waals surface area contributed by atoms with E-state index in [4.69, 9.17) is 9.72 Å². The number of imide groups is 1. The molecule has 3 aromatic carbocycles. The minimum absolute atomic E-state index is 0.175. The fraction of sp³-hybridized carbons (Fsp3) is 0.469. The van der Waals surface area contributed by atoms with Gasteiger partial charge in [-0.2, -0.15) is 4.98 Å². The molecule has 9 rings (SSSR count). The summed E-state index contributed by atoms with van der Waals surface area (Å²) < 4.78 is 20.2. The highest BCUT2D eigenvalue weighted by molar-refractivity contribution is 9.10. The topological polar surface area (TPSA) is 161 Å². The quantitative estimate of drug-likeness (QED) is 0.0741. The number of hydrogen-bond donors (Lipinski definition) is 3. The van der Waals surface area contributed by atoms with Crippen LogP contribution in [0.1, 0.15) is 62.5 Å². The van der Waals surface area contributed by atoms with Gasteiger partial charge in [0, 0.05) is 107 Å². The summed E-state index contributed by atoms with van der Waals surface area (Å²) >= 11 is 3.61. The number of aryl methyl sites for hydroxylation is 1. The number of carbonyl (C=O) groups excluding carboxylic acids is 2. The van der Waals surface area contributed by atoms with Crippen LogP contribution in [0.15, 0.2) is 71.6 Å². The van der Waals surface area contributed by atoms with Crippen LogP contribution in [0.25, 0.3) is 11.0 Å². The smallest absolute Gasteiger partial charge is 0.234 e. The molecule has 1 saturated carbocycles. The van der Waals surface area contributed by atoms with E-state index in [2.05, 4.69) is 105 Å². The van der Waals surface area contributed by atoms with Crippen LogP contribution >= 0.6 is 23.1 Å². The van der Waals surface area contributed by atoms with Crippen molar-refractivity contribution in [1.82, 2.24) is 35.1 Å². The van der Waals surface area contributed by atoms with E-state index >= 15 is 0 Å². The van der Waals surface area contributed by atoms with Crippen molar-refractivity contribution < 1.29 is 18.9 Å². The molecule has 1 aliphatic carbocycles. The molecule has 5 heterocycles. The molecule has 2 amide bonds. The predicted octanol–water partition coefficient (Wildman–Crippen LogP) is 7.51. The van der Waals surface area contributed by atoms with Gasteiger partial charge in [0.25, 0.3) is 0 Å². The molecule has 4 aliphatic rings. The maximum atomic E-state index is 13.5. The molecular weight excluding hydrogens is 917 g/mol. The Morgan fingerprint density at radius 3 is 2.42 bits per heavy atom. The van der Waals surface area contributed by atoms with Crippen LogP contribution in [-0.2, 0) is 20.6 Å². The number of amides is 2. The summed E-state index contributed by atoms with van der Waals surface area (Å²) in [6.07, 6.45) is 11.4. The minimum atomic E-state index is -2.77. The summed E-state index contributed by atoms with van der Waals surface area (Å²) in [5, 5.41) is 9.94. The summed E-state index contributed by atoms with van der Waals surface area (Å²) in [4.78, 5) is 52.8. The Morgan fingerprint density at radius 2 is 1.70 bits per heavy atom. The maximum absolute atomic E-state index is 13.5. The van der Waals surface area contributed by atoms with E-state index in [1.165, 1.54) is 24.1 Å². The number of methoxy groups -OCH3 is 1. The van der Waals surface area contributed by atoms with Crippen molar-refractivity contribution in [2.24, 2.45) is 5.92 Å². The van der Waals surface area contributed by atoms with E-state index in [1.807, 2.05) is 24.3 Å². The number of aromatic nitrogens is 4. The van der Waals surface area contributed by atoms with Crippen LogP contribution in [0.5, 0.6) is 5.75 Å². The molecule has 5 aromatic rings. The van der Waals surface area contributed by atoms with E-state index in [-0.39, 0.29) is 17.7 Å². The van der Waals surface area contributed by atoms with E-state index in [1.54, 1.807) is 39.0 Å². The number of rotatable bonds is 14. The number of nitrogens with one attached hydrogen (secondary N) is 3. The fourth-order valence-electron chi connectivity index (χ4n) is 10.4. The van der Waals surface area contributed by atoms with Gasteiger partial charge in [0.05, 0.1) is 39.7 Å². The van der Waals surface area contributed by atoms with E-state index in [9.17, 15) is 14.2 Å². The maximum Gasteiger partial charge on any atom is 0.234 e. The second-order valence-electron chi connectivity index (χ2n) is 18.7. The second kappa shape index (κ2) is 19.6. The SMILES string of the molecule is CCc1cc(Nc2ncc(Br)c(Nc3ccc4nccnc4c3P(C)(C)=O)n2)c(OC)cc1N1CCC(N2CCN(CC3CC(N(C)c4cccc(C5CCC(=O)NC5=O)c4)C3)CC2)CC1. The van der Waals surface area contributed by atoms with E-state index < -0.39 is 7.14 Å². The van der Waals surface area contributed by atoms with Crippen LogP contribution in [0, 0.1) is 5.92 Å². The second-order valence-corrected chi connectivity index (χ2v) is 22.7. The van der Waals surface area contributed by atoms with Crippen LogP contribution in [-0.4, -0.2) is 127 Å². The number of anilines is 6. The summed E-state index contributed by atoms with van der Waals surface area (Å²) in [7, 11) is 1.11. The third-order valence-electron chi connectivity index (χ3n) is 14.1. The molecule has 66 heavy (non-hydrogen) atoms. The number of piperazine rings is 1. The van der Waals surface area contributed by atoms with Crippen molar-refractivity contribution in [3.63, 3.8) is 0 Å². The monoisotopic (exact) mass is 977 g/mol. The van der Waals surface area contributed by atoms with Crippen molar-refractivity contribution in [3.05, 3.63) is 82.7 Å². The molecule has 15 nitrogen and oxygen atoms in total. The highest BCUT2D eigenvalue weighted by atomic mass is 79.9. The average Bonchev–Trinajstić information content (AvgIpc) is 3.30. The van der Waals surface area contributed by atoms with Crippen molar-refractivity contribution >= 4 is 85.7 Å². The lowest BCUT2D eigenvalue weighted by molar-refractivity contribution is -0.134. The van der Waals surface area contributed by atoms with Gasteiger partial charge in [-0.25, -0.2) is 4.98 Å². The lowest BCUT2D eigenvalue weighted by atomic mass is 9.78. The number of halogens is 1. The third kappa shape index (κ3) is 9.93. The summed E-state index contributed by atoms with van der Waals surface area (Å²) in [6.45, 7) is 13.3. The Kier molecular flexibility index (Phi) is 13.7. The lowest BCUT2D eigenvalue weighted by Crippen LogP contribution is -2.55. The van der Waals surface area contributed by atoms with Gasteiger partial charge in [-0.05, 0) is 115 Å². The summed E-state index contributed by atoms with van der Waals surface area (Å²) in [5.74, 6) is 1.73. The molecular formula is C49H61BrN11O4P. The van der Waals surface area contributed by atoms with Gasteiger partial charge in [0.15, 0.2) is 0 Å². The molecule has 3 aliphatic heterocycles. The Hall–Kier alpha value is -5.15. The predicted molar refractivity (Wildman–Crippen MR) is 267 cm³/mol. The van der Waals surface area contributed by atoms with Crippen molar-refractivity contribution in [2.75, 3.05) is 93.7 Å². The van der Waals surface area contributed by atoms with E-state index in [0.29, 0.717) is 69.1 Å². The molecule has 0 radical (unpaired) electrons. The molecule has 3 N–H and O–H groups in total. The van der Waals surface area contributed by atoms with Crippen molar-refractivity contribution in [2.45, 2.75) is 69.9 Å². The number of carbonyl (C=O) groups is 2. The number of piperidine rings is 2. The first-order valence-corrected chi connectivity index (χ1v) is 26.7. The summed E-state index contributed by atoms with van der Waals surface area (Å²) in [6, 6.07) is 17.5. The molecule has 0 bridgehead atoms. The zero-order chi connectivity index (χ0) is 46.1. The zero-order valence-corrected chi connectivity index (χ0v) is 41.1. The normalized spacial score (nSPS) is 21.1. The number of benzene rings is 3. The van der Waals surface area contributed by atoms with Crippen molar-refractivity contribution in [3.8, 4) is 5.75 Å². The van der Waals surface area contributed by atoms with E-state index in [0.717, 1.165) is 87.8 Å². The Labute approximate surface area is 396 Å². The van der Waals surface area contributed by atoms with Crippen molar-refractivity contribution in [1.29, 1.82) is 0 Å². The van der Waals surface area contributed by atoms with Gasteiger partial charge in [-0.1, -0.05) is 19.1 Å². The average molecular weight is 979 g/mol. The lowest BCUT2D eigenvalue weighted by Gasteiger charge is -2.47. The van der Waals surface area contributed by atoms with Gasteiger partial charge in [-0.15, -0.1) is 0 Å². The first-order chi connectivity index (χ1) is 31.8. The highest BCUT2D eigenvalue weighted by Crippen LogP contribution is 2.42. The van der Waals surface area contributed by atoms with Crippen LogP contribution < -0.4 is 35.8 Å². The van der Waals surface area contributed by atoms with Crippen LogP contribution in [0.3, 0.4) is 0 Å². The molecule has 3 saturated heterocycles. The number of nitrogens with zero attached hydrogens (tertiary/aromatic N) is 8. The summed E-state index contributed by atoms with van der Waals surface area (Å²) in [5.41, 5.74) is 7.31. The first kappa shape index (κ1) is 46.0. The zero-order valence-electron chi connectivity index (χ0n) is 38.6. The highest BCUT2D eigenvalue weighted by Gasteiger charge is 2.36. The molecule has 17 heteroatoms. The standard InChI is InChI=1S/C49H61BrN11O4P/c1-6-32-27-41(55-49-53-29-38(50)47(57-49)54-40-12-11-39-45(52-17-16-51-39)46(40)66(4,5)64)43(65-3)28-42(32)61-18-14-34(15-19-61)60-22-20-59(21-23-60)30-31-24-36(25-31)58(2)35-9-7-8-33(26-35)37-10-13-44(62)56-48(37)63/h7-9,11-12,16-17,26-29,31,34,36-37H,6,10,13-15,18-25,30H2,1-5H3,(H,56,62,63)(H2,53,54,55,57). The number of hydrogen-bond acceptors (Lipinski definition) is 14. The molecule has 4 fully saturated rings. The number of ether oxygens (including phenoxy) is 1. The largest absolute Gasteiger partial charge is 0.494 e. The fourth-order valence-corrected chi connectivity index (χ4v) is 12.1. The van der Waals surface area contributed by atoms with Gasteiger partial charge in [0.2, 0.25) is 17.8 Å². The molecule has 1 unspecified atom stereocenters. The minimum Gasteiger partial charge on any atom is -0.494 e. The molecule has 0 spiro atoms. The van der Waals surface area contributed by atoms with Crippen LogP contribution in [0.2, 0.25) is 0 Å². The third-order valence-corrected chi connectivity index (χ3v) is 16.2. The molecule has 1 atom stereocenters. The first-order valence-electron chi connectivity index (χ1n) is 23.3. The van der Waals surface area contributed by atoms with Crippen LogP contribution in [0.4, 0.5) is 34.5 Å². The Balaban J connectivity index is 0.767. The van der Waals surface area contributed by atoms with Gasteiger partial charge >= 0.3 is 0 Å². The number of fused-ring (bicyclic) bond motifs is 1.